The molecule has 3 aromatic rings. The number of benzene rings is 2. The molecule has 1 N–H and O–H groups in total. The van der Waals surface area contributed by atoms with Gasteiger partial charge in [0.05, 0.1) is 25.3 Å². The number of piperidine rings is 1. The molecule has 2 atom stereocenters. The number of nitrogens with zero attached hydrogens (tertiary/aromatic N) is 2. The quantitative estimate of drug-likeness (QED) is 0.548. The number of hydrogen-bond acceptors (Lipinski definition) is 4. The highest BCUT2D eigenvalue weighted by Crippen LogP contribution is 2.31. The van der Waals surface area contributed by atoms with E-state index in [1.165, 1.54) is 5.56 Å². The van der Waals surface area contributed by atoms with E-state index in [1.807, 2.05) is 54.7 Å². The van der Waals surface area contributed by atoms with E-state index < -0.39 is 0 Å². The summed E-state index contributed by atoms with van der Waals surface area (Å²) in [5.41, 5.74) is 4.31. The average molecular weight is 444 g/mol. The van der Waals surface area contributed by atoms with Crippen molar-refractivity contribution >= 4 is 5.91 Å². The largest absolute Gasteiger partial charge is 0.496 e. The van der Waals surface area contributed by atoms with Crippen LogP contribution in [0.4, 0.5) is 0 Å². The molecule has 1 aliphatic rings. The minimum atomic E-state index is -0.107. The molecular weight excluding hydrogens is 410 g/mol. The number of nitrogens with one attached hydrogen (secondary N) is 1. The van der Waals surface area contributed by atoms with Crippen LogP contribution in [0.1, 0.15) is 41.3 Å². The van der Waals surface area contributed by atoms with Crippen LogP contribution in [0.15, 0.2) is 72.9 Å². The van der Waals surface area contributed by atoms with Gasteiger partial charge in [-0.2, -0.15) is 0 Å². The summed E-state index contributed by atoms with van der Waals surface area (Å²) in [5.74, 6) is 1.30. The monoisotopic (exact) mass is 443 g/mol. The lowest BCUT2D eigenvalue weighted by atomic mass is 9.88. The van der Waals surface area contributed by atoms with Crippen LogP contribution < -0.4 is 10.1 Å². The Morgan fingerprint density at radius 3 is 2.70 bits per heavy atom. The topological polar surface area (TPSA) is 54.5 Å². The number of aromatic nitrogens is 1. The number of hydrogen-bond donors (Lipinski definition) is 1. The van der Waals surface area contributed by atoms with Crippen LogP contribution in [-0.4, -0.2) is 36.0 Å². The molecule has 5 heteroatoms. The van der Waals surface area contributed by atoms with E-state index in [0.29, 0.717) is 12.3 Å². The zero-order valence-electron chi connectivity index (χ0n) is 19.5. The number of ether oxygens (including phenoxy) is 1. The Morgan fingerprint density at radius 1 is 1.12 bits per heavy atom. The maximum absolute atomic E-state index is 13.0. The standard InChI is InChI=1S/C28H33N3O2/c1-21-10-8-13-24(28(21)33-2)20-31-17-9-14-23(19-31)27(25-15-6-7-16-29-25)30-26(32)18-22-11-4-3-5-12-22/h3-8,10-13,15-16,23,27H,9,14,17-20H2,1-2H3,(H,30,32)/t23-,27+/m0/s1. The Labute approximate surface area is 196 Å². The number of para-hydroxylation sites is 1. The van der Waals surface area contributed by atoms with Gasteiger partial charge in [0.2, 0.25) is 5.91 Å². The third kappa shape index (κ3) is 5.99. The summed E-state index contributed by atoms with van der Waals surface area (Å²) >= 11 is 0. The average Bonchev–Trinajstić information content (AvgIpc) is 2.84. The zero-order valence-corrected chi connectivity index (χ0v) is 19.5. The molecule has 1 amide bonds. The molecule has 172 valence electrons. The molecule has 0 aliphatic carbocycles. The van der Waals surface area contributed by atoms with Crippen molar-refractivity contribution in [2.24, 2.45) is 5.92 Å². The number of aryl methyl sites for hydroxylation is 1. The first-order valence-corrected chi connectivity index (χ1v) is 11.7. The van der Waals surface area contributed by atoms with Gasteiger partial charge in [0, 0.05) is 24.8 Å². The third-order valence-corrected chi connectivity index (χ3v) is 6.44. The van der Waals surface area contributed by atoms with Crippen molar-refractivity contribution in [3.63, 3.8) is 0 Å². The number of amides is 1. The van der Waals surface area contributed by atoms with Crippen molar-refractivity contribution in [1.29, 1.82) is 0 Å². The van der Waals surface area contributed by atoms with Gasteiger partial charge in [-0.3, -0.25) is 14.7 Å². The van der Waals surface area contributed by atoms with E-state index in [1.54, 1.807) is 7.11 Å². The second-order valence-electron chi connectivity index (χ2n) is 8.87. The minimum absolute atomic E-state index is 0.0364. The summed E-state index contributed by atoms with van der Waals surface area (Å²) in [6, 6.07) is 22.1. The van der Waals surface area contributed by atoms with Crippen molar-refractivity contribution in [1.82, 2.24) is 15.2 Å². The van der Waals surface area contributed by atoms with E-state index >= 15 is 0 Å². The van der Waals surface area contributed by atoms with Crippen molar-refractivity contribution in [3.05, 3.63) is 95.3 Å². The van der Waals surface area contributed by atoms with Crippen LogP contribution in [0.5, 0.6) is 5.75 Å². The summed E-state index contributed by atoms with van der Waals surface area (Å²) in [4.78, 5) is 20.0. The number of methoxy groups -OCH3 is 1. The zero-order chi connectivity index (χ0) is 23.0. The first-order valence-electron chi connectivity index (χ1n) is 11.7. The lowest BCUT2D eigenvalue weighted by Crippen LogP contribution is -2.43. The first-order chi connectivity index (χ1) is 16.1. The number of rotatable bonds is 8. The summed E-state index contributed by atoms with van der Waals surface area (Å²) in [6.07, 6.45) is 4.34. The van der Waals surface area contributed by atoms with Gasteiger partial charge in [-0.1, -0.05) is 54.6 Å². The molecule has 33 heavy (non-hydrogen) atoms. The fourth-order valence-electron chi connectivity index (χ4n) is 4.88. The van der Waals surface area contributed by atoms with Gasteiger partial charge in [0.1, 0.15) is 5.75 Å². The molecular formula is C28H33N3O2. The van der Waals surface area contributed by atoms with Gasteiger partial charge in [-0.15, -0.1) is 0 Å². The molecule has 1 fully saturated rings. The summed E-state index contributed by atoms with van der Waals surface area (Å²) in [6.45, 7) is 4.87. The molecule has 1 aromatic heterocycles. The first kappa shape index (κ1) is 23.0. The number of carbonyl (C=O) groups excluding carboxylic acids is 1. The molecule has 2 aromatic carbocycles. The summed E-state index contributed by atoms with van der Waals surface area (Å²) < 4.78 is 5.68. The van der Waals surface area contributed by atoms with Crippen molar-refractivity contribution in [3.8, 4) is 5.75 Å². The van der Waals surface area contributed by atoms with Crippen molar-refractivity contribution < 1.29 is 9.53 Å². The van der Waals surface area contributed by atoms with E-state index in [0.717, 1.165) is 55.0 Å². The SMILES string of the molecule is COc1c(C)cccc1CN1CCC[C@H]([C@@H](NC(=O)Cc2ccccc2)c2ccccn2)C1. The van der Waals surface area contributed by atoms with Crippen LogP contribution in [0.3, 0.4) is 0 Å². The maximum atomic E-state index is 13.0. The fourth-order valence-corrected chi connectivity index (χ4v) is 4.88. The molecule has 1 aliphatic heterocycles. The molecule has 4 rings (SSSR count). The summed E-state index contributed by atoms with van der Waals surface area (Å²) in [5, 5.41) is 3.31. The van der Waals surface area contributed by atoms with Crippen LogP contribution in [-0.2, 0) is 17.8 Å². The minimum Gasteiger partial charge on any atom is -0.496 e. The smallest absolute Gasteiger partial charge is 0.224 e. The second kappa shape index (κ2) is 11.1. The van der Waals surface area contributed by atoms with E-state index in [-0.39, 0.29) is 11.9 Å². The van der Waals surface area contributed by atoms with Gasteiger partial charge in [-0.05, 0) is 55.5 Å². The Balaban J connectivity index is 1.49. The second-order valence-corrected chi connectivity index (χ2v) is 8.87. The van der Waals surface area contributed by atoms with E-state index in [2.05, 4.69) is 40.3 Å². The highest BCUT2D eigenvalue weighted by Gasteiger charge is 2.30. The van der Waals surface area contributed by atoms with Gasteiger partial charge in [0.15, 0.2) is 0 Å². The lowest BCUT2D eigenvalue weighted by Gasteiger charge is -2.37. The number of carbonyl (C=O) groups is 1. The molecule has 0 saturated carbocycles. The number of pyridine rings is 1. The Kier molecular flexibility index (Phi) is 7.74. The van der Waals surface area contributed by atoms with E-state index in [9.17, 15) is 4.79 Å². The molecule has 0 radical (unpaired) electrons. The lowest BCUT2D eigenvalue weighted by molar-refractivity contribution is -0.121. The van der Waals surface area contributed by atoms with Crippen molar-refractivity contribution in [2.75, 3.05) is 20.2 Å². The van der Waals surface area contributed by atoms with Crippen molar-refractivity contribution in [2.45, 2.75) is 38.8 Å². The Hall–Kier alpha value is -3.18. The third-order valence-electron chi connectivity index (χ3n) is 6.44. The summed E-state index contributed by atoms with van der Waals surface area (Å²) in [7, 11) is 1.74. The Morgan fingerprint density at radius 2 is 1.94 bits per heavy atom. The van der Waals surface area contributed by atoms with E-state index in [4.69, 9.17) is 4.74 Å². The van der Waals surface area contributed by atoms with Crippen LogP contribution in [0, 0.1) is 12.8 Å². The van der Waals surface area contributed by atoms with Crippen LogP contribution >= 0.6 is 0 Å². The predicted octanol–water partition coefficient (Wildman–Crippen LogP) is 4.71. The maximum Gasteiger partial charge on any atom is 0.224 e. The molecule has 0 bridgehead atoms. The number of likely N-dealkylation sites (tertiary alicyclic amines) is 1. The fraction of sp³-hybridized carbons (Fsp3) is 0.357. The van der Waals surface area contributed by atoms with Gasteiger partial charge >= 0.3 is 0 Å². The van der Waals surface area contributed by atoms with Crippen LogP contribution in [0.2, 0.25) is 0 Å². The van der Waals surface area contributed by atoms with Gasteiger partial charge in [-0.25, -0.2) is 0 Å². The predicted molar refractivity (Wildman–Crippen MR) is 131 cm³/mol. The highest BCUT2D eigenvalue weighted by molar-refractivity contribution is 5.79. The highest BCUT2D eigenvalue weighted by atomic mass is 16.5. The molecule has 1 saturated heterocycles. The van der Waals surface area contributed by atoms with Gasteiger partial charge in [0.25, 0.3) is 0 Å². The normalized spacial score (nSPS) is 17.3. The van der Waals surface area contributed by atoms with Gasteiger partial charge < -0.3 is 10.1 Å². The Bertz CT molecular complexity index is 1040. The van der Waals surface area contributed by atoms with Crippen LogP contribution in [0.25, 0.3) is 0 Å². The molecule has 5 nitrogen and oxygen atoms in total. The molecule has 0 unspecified atom stereocenters. The molecule has 0 spiro atoms. The molecule has 2 heterocycles.